The molecule has 0 aliphatic carbocycles. The molecule has 7 heteroatoms. The number of nitro groups is 1. The number of nitrogens with two attached hydrogens (primary N) is 1. The topological polar surface area (TPSA) is 116 Å². The third-order valence-electron chi connectivity index (χ3n) is 1.78. The molecule has 1 aromatic carbocycles. The maximum atomic E-state index is 10.7. The van der Waals surface area contributed by atoms with Gasteiger partial charge in [0.1, 0.15) is 6.61 Å². The maximum Gasteiger partial charge on any atom is 0.335 e. The Labute approximate surface area is 90.6 Å². The van der Waals surface area contributed by atoms with Crippen molar-refractivity contribution in [1.29, 1.82) is 0 Å². The van der Waals surface area contributed by atoms with Crippen LogP contribution in [0.25, 0.3) is 0 Å². The summed E-state index contributed by atoms with van der Waals surface area (Å²) >= 11 is 0. The Bertz CT molecular complexity index is 418. The Morgan fingerprint density at radius 3 is 2.75 bits per heavy atom. The SMILES string of the molecule is NCCOc1ccc(C(=O)O)cc1[N+](=O)[O-]. The zero-order valence-electron chi connectivity index (χ0n) is 8.25. The predicted octanol–water partition coefficient (Wildman–Crippen LogP) is 0.630. The van der Waals surface area contributed by atoms with Crippen LogP contribution in [0.4, 0.5) is 5.69 Å². The lowest BCUT2D eigenvalue weighted by Crippen LogP contribution is -2.11. The molecule has 0 fully saturated rings. The zero-order chi connectivity index (χ0) is 12.1. The van der Waals surface area contributed by atoms with Crippen LogP contribution < -0.4 is 10.5 Å². The van der Waals surface area contributed by atoms with Crippen LogP contribution in [0.15, 0.2) is 18.2 Å². The molecule has 0 bridgehead atoms. The van der Waals surface area contributed by atoms with Crippen molar-refractivity contribution in [2.75, 3.05) is 13.2 Å². The number of nitro benzene ring substituents is 1. The number of hydrogen-bond acceptors (Lipinski definition) is 5. The van der Waals surface area contributed by atoms with E-state index < -0.39 is 10.9 Å². The summed E-state index contributed by atoms with van der Waals surface area (Å²) in [6.07, 6.45) is 0. The van der Waals surface area contributed by atoms with E-state index in [1.165, 1.54) is 12.1 Å². The summed E-state index contributed by atoms with van der Waals surface area (Å²) in [4.78, 5) is 20.6. The number of benzene rings is 1. The first-order valence-corrected chi connectivity index (χ1v) is 4.41. The second-order valence-electron chi connectivity index (χ2n) is 2.88. The molecule has 0 heterocycles. The minimum absolute atomic E-state index is 0.0143. The number of nitrogens with zero attached hydrogens (tertiary/aromatic N) is 1. The zero-order valence-corrected chi connectivity index (χ0v) is 8.25. The lowest BCUT2D eigenvalue weighted by atomic mass is 10.2. The highest BCUT2D eigenvalue weighted by Crippen LogP contribution is 2.27. The molecule has 0 spiro atoms. The van der Waals surface area contributed by atoms with Gasteiger partial charge in [-0.3, -0.25) is 10.1 Å². The Morgan fingerprint density at radius 2 is 2.25 bits per heavy atom. The van der Waals surface area contributed by atoms with Gasteiger partial charge in [-0.2, -0.15) is 0 Å². The Kier molecular flexibility index (Phi) is 3.78. The van der Waals surface area contributed by atoms with Crippen molar-refractivity contribution >= 4 is 11.7 Å². The summed E-state index contributed by atoms with van der Waals surface area (Å²) in [5.74, 6) is -1.21. The van der Waals surface area contributed by atoms with Gasteiger partial charge in [-0.1, -0.05) is 0 Å². The molecule has 0 amide bonds. The highest BCUT2D eigenvalue weighted by Gasteiger charge is 2.18. The van der Waals surface area contributed by atoms with E-state index in [4.69, 9.17) is 15.6 Å². The van der Waals surface area contributed by atoms with E-state index in [1.807, 2.05) is 0 Å². The summed E-state index contributed by atoms with van der Waals surface area (Å²) in [5.41, 5.74) is 4.65. The van der Waals surface area contributed by atoms with Gasteiger partial charge in [0.2, 0.25) is 0 Å². The molecule has 0 saturated carbocycles. The smallest absolute Gasteiger partial charge is 0.335 e. The van der Waals surface area contributed by atoms with Crippen LogP contribution in [0.5, 0.6) is 5.75 Å². The molecular formula is C9H10N2O5. The Balaban J connectivity index is 3.09. The third-order valence-corrected chi connectivity index (χ3v) is 1.78. The summed E-state index contributed by atoms with van der Waals surface area (Å²) in [6.45, 7) is 0.352. The van der Waals surface area contributed by atoms with Crippen LogP contribution in [0.2, 0.25) is 0 Å². The van der Waals surface area contributed by atoms with Crippen LogP contribution in [-0.2, 0) is 0 Å². The molecule has 7 nitrogen and oxygen atoms in total. The fourth-order valence-corrected chi connectivity index (χ4v) is 1.08. The monoisotopic (exact) mass is 226 g/mol. The standard InChI is InChI=1S/C9H10N2O5/c10-3-4-16-8-2-1-6(9(12)13)5-7(8)11(14)15/h1-2,5H,3-4,10H2,(H,12,13). The van der Waals surface area contributed by atoms with E-state index in [9.17, 15) is 14.9 Å². The number of ether oxygens (including phenoxy) is 1. The fraction of sp³-hybridized carbons (Fsp3) is 0.222. The summed E-state index contributed by atoms with van der Waals surface area (Å²) in [5, 5.41) is 19.3. The van der Waals surface area contributed by atoms with Gasteiger partial charge in [0.25, 0.3) is 0 Å². The summed E-state index contributed by atoms with van der Waals surface area (Å²) < 4.78 is 5.02. The van der Waals surface area contributed by atoms with Crippen molar-refractivity contribution in [1.82, 2.24) is 0 Å². The second-order valence-corrected chi connectivity index (χ2v) is 2.88. The molecule has 0 radical (unpaired) electrons. The number of carboxylic acids is 1. The van der Waals surface area contributed by atoms with Crippen molar-refractivity contribution in [3.05, 3.63) is 33.9 Å². The van der Waals surface area contributed by atoms with E-state index in [1.54, 1.807) is 0 Å². The van der Waals surface area contributed by atoms with Gasteiger partial charge in [0.05, 0.1) is 10.5 Å². The van der Waals surface area contributed by atoms with Gasteiger partial charge in [-0.05, 0) is 12.1 Å². The molecule has 86 valence electrons. The highest BCUT2D eigenvalue weighted by atomic mass is 16.6. The number of hydrogen-bond donors (Lipinski definition) is 2. The highest BCUT2D eigenvalue weighted by molar-refractivity contribution is 5.88. The first kappa shape index (κ1) is 11.9. The van der Waals surface area contributed by atoms with Crippen LogP contribution in [0.3, 0.4) is 0 Å². The van der Waals surface area contributed by atoms with Crippen molar-refractivity contribution in [3.8, 4) is 5.75 Å². The molecule has 1 rings (SSSR count). The molecule has 16 heavy (non-hydrogen) atoms. The lowest BCUT2D eigenvalue weighted by molar-refractivity contribution is -0.385. The van der Waals surface area contributed by atoms with E-state index in [0.29, 0.717) is 0 Å². The normalized spacial score (nSPS) is 9.81. The first-order chi connectivity index (χ1) is 7.56. The molecule has 0 aliphatic rings. The van der Waals surface area contributed by atoms with E-state index >= 15 is 0 Å². The molecular weight excluding hydrogens is 216 g/mol. The van der Waals surface area contributed by atoms with Gasteiger partial charge in [0.15, 0.2) is 5.75 Å². The van der Waals surface area contributed by atoms with E-state index in [0.717, 1.165) is 6.07 Å². The lowest BCUT2D eigenvalue weighted by Gasteiger charge is -2.05. The van der Waals surface area contributed by atoms with Crippen LogP contribution in [0, 0.1) is 10.1 Å². The average molecular weight is 226 g/mol. The van der Waals surface area contributed by atoms with Gasteiger partial charge in [-0.15, -0.1) is 0 Å². The van der Waals surface area contributed by atoms with Crippen LogP contribution in [-0.4, -0.2) is 29.2 Å². The minimum atomic E-state index is -1.23. The van der Waals surface area contributed by atoms with E-state index in [-0.39, 0.29) is 30.2 Å². The summed E-state index contributed by atoms with van der Waals surface area (Å²) in [7, 11) is 0. The Hall–Kier alpha value is -2.15. The molecule has 0 saturated heterocycles. The number of carbonyl (C=O) groups is 1. The first-order valence-electron chi connectivity index (χ1n) is 4.41. The maximum absolute atomic E-state index is 10.7. The van der Waals surface area contributed by atoms with Gasteiger partial charge in [-0.25, -0.2) is 4.79 Å². The fourth-order valence-electron chi connectivity index (χ4n) is 1.08. The number of rotatable bonds is 5. The van der Waals surface area contributed by atoms with Crippen molar-refractivity contribution in [3.63, 3.8) is 0 Å². The molecule has 3 N–H and O–H groups in total. The average Bonchev–Trinajstić information content (AvgIpc) is 2.25. The van der Waals surface area contributed by atoms with Crippen LogP contribution in [0.1, 0.15) is 10.4 Å². The van der Waals surface area contributed by atoms with Crippen molar-refractivity contribution < 1.29 is 19.6 Å². The Morgan fingerprint density at radius 1 is 1.56 bits per heavy atom. The largest absolute Gasteiger partial charge is 0.485 e. The van der Waals surface area contributed by atoms with Crippen molar-refractivity contribution in [2.45, 2.75) is 0 Å². The molecule has 0 unspecified atom stereocenters. The van der Waals surface area contributed by atoms with Gasteiger partial charge in [0, 0.05) is 12.6 Å². The summed E-state index contributed by atoms with van der Waals surface area (Å²) in [6, 6.07) is 3.44. The third kappa shape index (κ3) is 2.67. The van der Waals surface area contributed by atoms with Crippen molar-refractivity contribution in [2.24, 2.45) is 5.73 Å². The minimum Gasteiger partial charge on any atom is -0.485 e. The number of aromatic carboxylic acids is 1. The molecule has 0 aromatic heterocycles. The van der Waals surface area contributed by atoms with Gasteiger partial charge >= 0.3 is 11.7 Å². The molecule has 1 aromatic rings. The van der Waals surface area contributed by atoms with Gasteiger partial charge < -0.3 is 15.6 Å². The quantitative estimate of drug-likeness (QED) is 0.561. The van der Waals surface area contributed by atoms with E-state index in [2.05, 4.69) is 0 Å². The van der Waals surface area contributed by atoms with Crippen LogP contribution >= 0.6 is 0 Å². The predicted molar refractivity (Wildman–Crippen MR) is 54.6 cm³/mol. The molecule has 0 atom stereocenters. The molecule has 0 aliphatic heterocycles. The number of carboxylic acid groups (broad SMARTS) is 1. The second kappa shape index (κ2) is 5.08.